The van der Waals surface area contributed by atoms with Gasteiger partial charge in [0.05, 0.1) is 28.1 Å². The number of halogens is 1. The van der Waals surface area contributed by atoms with Gasteiger partial charge in [-0.25, -0.2) is 9.97 Å². The number of hydrogen-bond donors (Lipinski definition) is 1. The summed E-state index contributed by atoms with van der Waals surface area (Å²) in [5.74, 6) is 0.993. The third kappa shape index (κ3) is 2.67. The Bertz CT molecular complexity index is 1000. The van der Waals surface area contributed by atoms with Crippen LogP contribution in [0.15, 0.2) is 42.9 Å². The van der Waals surface area contributed by atoms with Crippen molar-refractivity contribution in [2.75, 3.05) is 18.0 Å². The van der Waals surface area contributed by atoms with Gasteiger partial charge in [-0.15, -0.1) is 0 Å². The maximum Gasteiger partial charge on any atom is 0.255 e. The van der Waals surface area contributed by atoms with Gasteiger partial charge in [-0.1, -0.05) is 23.7 Å². The standard InChI is InChI=1S/C20H20ClN5O/c21-15-5-2-1-4-13(15)20(27)26-10-3-6-16-17(26)8-11-25(16)19-14-7-9-22-18(14)23-12-24-19/h1-2,4-5,7,9,12,16-17H,3,6,8,10-11H2,(H,22,23,24)/t16-,17-/m1/s1. The van der Waals surface area contributed by atoms with Gasteiger partial charge in [-0.3, -0.25) is 4.79 Å². The Hall–Kier alpha value is -2.60. The van der Waals surface area contributed by atoms with E-state index in [9.17, 15) is 4.79 Å². The number of aromatic nitrogens is 3. The monoisotopic (exact) mass is 381 g/mol. The molecular weight excluding hydrogens is 362 g/mol. The van der Waals surface area contributed by atoms with Crippen LogP contribution in [-0.2, 0) is 0 Å². The number of H-pyrrole nitrogens is 1. The summed E-state index contributed by atoms with van der Waals surface area (Å²) < 4.78 is 0. The lowest BCUT2D eigenvalue weighted by Crippen LogP contribution is -2.52. The topological polar surface area (TPSA) is 65.1 Å². The van der Waals surface area contributed by atoms with Gasteiger partial charge in [0.2, 0.25) is 0 Å². The quantitative estimate of drug-likeness (QED) is 0.737. The molecule has 138 valence electrons. The summed E-state index contributed by atoms with van der Waals surface area (Å²) in [4.78, 5) is 29.6. The van der Waals surface area contributed by atoms with E-state index in [0.717, 1.165) is 49.2 Å². The van der Waals surface area contributed by atoms with Crippen LogP contribution in [0.25, 0.3) is 11.0 Å². The molecule has 1 amide bonds. The van der Waals surface area contributed by atoms with Crippen molar-refractivity contribution in [1.82, 2.24) is 19.9 Å². The molecule has 7 heteroatoms. The van der Waals surface area contributed by atoms with Crippen LogP contribution in [0.1, 0.15) is 29.6 Å². The molecule has 27 heavy (non-hydrogen) atoms. The third-order valence-corrected chi connectivity index (χ3v) is 6.11. The van der Waals surface area contributed by atoms with E-state index in [4.69, 9.17) is 11.6 Å². The Kier molecular flexibility index (Phi) is 4.01. The molecule has 2 saturated heterocycles. The number of carbonyl (C=O) groups is 1. The van der Waals surface area contributed by atoms with E-state index < -0.39 is 0 Å². The fraction of sp³-hybridized carbons (Fsp3) is 0.350. The summed E-state index contributed by atoms with van der Waals surface area (Å²) in [7, 11) is 0. The highest BCUT2D eigenvalue weighted by Crippen LogP contribution is 2.36. The Morgan fingerprint density at radius 3 is 2.89 bits per heavy atom. The molecule has 2 aromatic heterocycles. The number of amides is 1. The molecule has 0 bridgehead atoms. The van der Waals surface area contributed by atoms with Crippen LogP contribution in [-0.4, -0.2) is 50.9 Å². The van der Waals surface area contributed by atoms with Crippen LogP contribution in [0.2, 0.25) is 5.02 Å². The predicted octanol–water partition coefficient (Wildman–Crippen LogP) is 3.49. The van der Waals surface area contributed by atoms with E-state index in [2.05, 4.69) is 19.9 Å². The fourth-order valence-corrected chi connectivity index (χ4v) is 4.79. The molecule has 0 spiro atoms. The third-order valence-electron chi connectivity index (χ3n) is 5.78. The maximum atomic E-state index is 13.2. The number of nitrogens with zero attached hydrogens (tertiary/aromatic N) is 4. The Morgan fingerprint density at radius 2 is 2.00 bits per heavy atom. The highest BCUT2D eigenvalue weighted by Gasteiger charge is 2.43. The number of rotatable bonds is 2. The summed E-state index contributed by atoms with van der Waals surface area (Å²) in [6, 6.07) is 9.80. The summed E-state index contributed by atoms with van der Waals surface area (Å²) in [6.07, 6.45) is 6.49. The van der Waals surface area contributed by atoms with Crippen molar-refractivity contribution in [1.29, 1.82) is 0 Å². The van der Waals surface area contributed by atoms with E-state index in [0.29, 0.717) is 10.6 Å². The zero-order valence-corrected chi connectivity index (χ0v) is 15.6. The zero-order valence-electron chi connectivity index (χ0n) is 14.8. The minimum Gasteiger partial charge on any atom is -0.351 e. The van der Waals surface area contributed by atoms with Crippen molar-refractivity contribution in [3.05, 3.63) is 53.4 Å². The van der Waals surface area contributed by atoms with Crippen LogP contribution < -0.4 is 4.90 Å². The molecule has 2 fully saturated rings. The molecule has 2 atom stereocenters. The molecule has 4 heterocycles. The van der Waals surface area contributed by atoms with E-state index in [-0.39, 0.29) is 18.0 Å². The summed E-state index contributed by atoms with van der Waals surface area (Å²) in [6.45, 7) is 1.67. The SMILES string of the molecule is O=C(c1ccccc1Cl)N1CCC[C@@H]2[C@H]1CCN2c1ncnc2[nH]ccc12. The number of anilines is 1. The van der Waals surface area contributed by atoms with Crippen molar-refractivity contribution in [2.45, 2.75) is 31.3 Å². The number of nitrogens with one attached hydrogen (secondary N) is 1. The highest BCUT2D eigenvalue weighted by atomic mass is 35.5. The zero-order chi connectivity index (χ0) is 18.4. The number of piperidine rings is 1. The lowest BCUT2D eigenvalue weighted by Gasteiger charge is -2.40. The van der Waals surface area contributed by atoms with Crippen LogP contribution in [0.5, 0.6) is 0 Å². The van der Waals surface area contributed by atoms with Gasteiger partial charge in [0.25, 0.3) is 5.91 Å². The summed E-state index contributed by atoms with van der Waals surface area (Å²) in [5.41, 5.74) is 1.44. The van der Waals surface area contributed by atoms with Gasteiger partial charge in [0.15, 0.2) is 0 Å². The first-order valence-electron chi connectivity index (χ1n) is 9.34. The first kappa shape index (κ1) is 16.6. The van der Waals surface area contributed by atoms with Crippen LogP contribution in [0, 0.1) is 0 Å². The molecule has 5 rings (SSSR count). The Morgan fingerprint density at radius 1 is 1.11 bits per heavy atom. The second kappa shape index (κ2) is 6.53. The Labute approximate surface area is 162 Å². The van der Waals surface area contributed by atoms with Crippen molar-refractivity contribution in [2.24, 2.45) is 0 Å². The minimum atomic E-state index is 0.0339. The van der Waals surface area contributed by atoms with Gasteiger partial charge in [0, 0.05) is 19.3 Å². The van der Waals surface area contributed by atoms with Crippen LogP contribution in [0.4, 0.5) is 5.82 Å². The number of benzene rings is 1. The lowest BCUT2D eigenvalue weighted by atomic mass is 9.95. The molecule has 3 aromatic rings. The largest absolute Gasteiger partial charge is 0.351 e. The predicted molar refractivity (Wildman–Crippen MR) is 105 cm³/mol. The molecule has 2 aliphatic rings. The van der Waals surface area contributed by atoms with Crippen LogP contribution >= 0.6 is 11.6 Å². The molecular formula is C20H20ClN5O. The number of fused-ring (bicyclic) bond motifs is 2. The van der Waals surface area contributed by atoms with E-state index in [1.807, 2.05) is 35.4 Å². The first-order chi connectivity index (χ1) is 13.2. The van der Waals surface area contributed by atoms with E-state index in [1.54, 1.807) is 12.4 Å². The fourth-order valence-electron chi connectivity index (χ4n) is 4.58. The van der Waals surface area contributed by atoms with Crippen molar-refractivity contribution in [3.63, 3.8) is 0 Å². The van der Waals surface area contributed by atoms with Gasteiger partial charge in [0.1, 0.15) is 17.8 Å². The second-order valence-electron chi connectivity index (χ2n) is 7.17. The number of aromatic amines is 1. The summed E-state index contributed by atoms with van der Waals surface area (Å²) >= 11 is 6.28. The second-order valence-corrected chi connectivity index (χ2v) is 7.58. The molecule has 0 radical (unpaired) electrons. The molecule has 0 unspecified atom stereocenters. The van der Waals surface area contributed by atoms with Crippen molar-refractivity contribution >= 4 is 34.4 Å². The number of hydrogen-bond acceptors (Lipinski definition) is 4. The van der Waals surface area contributed by atoms with Crippen molar-refractivity contribution in [3.8, 4) is 0 Å². The van der Waals surface area contributed by atoms with Gasteiger partial charge < -0.3 is 14.8 Å². The number of likely N-dealkylation sites (tertiary alicyclic amines) is 1. The molecule has 0 aliphatic carbocycles. The normalized spacial score (nSPS) is 22.3. The van der Waals surface area contributed by atoms with Gasteiger partial charge >= 0.3 is 0 Å². The van der Waals surface area contributed by atoms with Crippen molar-refractivity contribution < 1.29 is 4.79 Å². The average Bonchev–Trinajstić information content (AvgIpc) is 3.34. The molecule has 2 aliphatic heterocycles. The van der Waals surface area contributed by atoms with E-state index in [1.165, 1.54) is 0 Å². The number of carbonyl (C=O) groups excluding carboxylic acids is 1. The van der Waals surface area contributed by atoms with Crippen LogP contribution in [0.3, 0.4) is 0 Å². The van der Waals surface area contributed by atoms with E-state index >= 15 is 0 Å². The smallest absolute Gasteiger partial charge is 0.255 e. The van der Waals surface area contributed by atoms with Gasteiger partial charge in [-0.2, -0.15) is 0 Å². The minimum absolute atomic E-state index is 0.0339. The highest BCUT2D eigenvalue weighted by molar-refractivity contribution is 6.33. The molecule has 0 saturated carbocycles. The molecule has 6 nitrogen and oxygen atoms in total. The molecule has 1 aromatic carbocycles. The lowest BCUT2D eigenvalue weighted by molar-refractivity contribution is 0.0609. The summed E-state index contributed by atoms with van der Waals surface area (Å²) in [5, 5.41) is 1.55. The molecule has 1 N–H and O–H groups in total. The first-order valence-corrected chi connectivity index (χ1v) is 9.72. The average molecular weight is 382 g/mol. The maximum absolute atomic E-state index is 13.2. The Balaban J connectivity index is 1.46. The van der Waals surface area contributed by atoms with Gasteiger partial charge in [-0.05, 0) is 37.5 Å².